The fourth-order valence-corrected chi connectivity index (χ4v) is 3.15. The highest BCUT2D eigenvalue weighted by Gasteiger charge is 2.31. The molecule has 10 heteroatoms. The van der Waals surface area contributed by atoms with E-state index in [1.807, 2.05) is 10.2 Å². The maximum Gasteiger partial charge on any atom is 0.412 e. The van der Waals surface area contributed by atoms with Crippen LogP contribution in [0.25, 0.3) is 0 Å². The summed E-state index contributed by atoms with van der Waals surface area (Å²) in [5.41, 5.74) is -0.153. The van der Waals surface area contributed by atoms with E-state index >= 15 is 0 Å². The van der Waals surface area contributed by atoms with Gasteiger partial charge in [0, 0.05) is 18.8 Å². The van der Waals surface area contributed by atoms with Crippen molar-refractivity contribution in [1.29, 1.82) is 0 Å². The van der Waals surface area contributed by atoms with Crippen LogP contribution in [-0.2, 0) is 9.53 Å². The van der Waals surface area contributed by atoms with E-state index in [-0.39, 0.29) is 11.3 Å². The van der Waals surface area contributed by atoms with Crippen molar-refractivity contribution < 1.29 is 31.9 Å². The first-order chi connectivity index (χ1) is 13.8. The summed E-state index contributed by atoms with van der Waals surface area (Å²) in [5.74, 6) is -2.69. The zero-order valence-corrected chi connectivity index (χ0v) is 17.5. The quantitative estimate of drug-likeness (QED) is 0.669. The summed E-state index contributed by atoms with van der Waals surface area (Å²) < 4.78 is 57.1. The number of ether oxygens (including phenoxy) is 1. The lowest BCUT2D eigenvalue weighted by atomic mass is 9.96. The molecule has 2 rings (SSSR count). The van der Waals surface area contributed by atoms with Gasteiger partial charge in [-0.2, -0.15) is 13.2 Å². The van der Waals surface area contributed by atoms with Crippen LogP contribution in [-0.4, -0.2) is 43.4 Å². The second-order valence-electron chi connectivity index (χ2n) is 8.27. The van der Waals surface area contributed by atoms with Gasteiger partial charge in [-0.1, -0.05) is 0 Å². The summed E-state index contributed by atoms with van der Waals surface area (Å²) in [6.07, 6.45) is -3.60. The van der Waals surface area contributed by atoms with Gasteiger partial charge in [-0.15, -0.1) is 0 Å². The Morgan fingerprint density at radius 1 is 1.17 bits per heavy atom. The van der Waals surface area contributed by atoms with Gasteiger partial charge >= 0.3 is 12.3 Å². The lowest BCUT2D eigenvalue weighted by molar-refractivity contribution is -0.139. The monoisotopic (exact) mass is 433 g/mol. The Kier molecular flexibility index (Phi) is 7.20. The second-order valence-corrected chi connectivity index (χ2v) is 8.27. The van der Waals surface area contributed by atoms with E-state index in [1.165, 1.54) is 13.0 Å². The lowest BCUT2D eigenvalue weighted by Gasteiger charge is -2.26. The van der Waals surface area contributed by atoms with E-state index < -0.39 is 42.1 Å². The minimum Gasteiger partial charge on any atom is -0.444 e. The van der Waals surface area contributed by atoms with Gasteiger partial charge in [0.05, 0.1) is 11.6 Å². The van der Waals surface area contributed by atoms with Gasteiger partial charge < -0.3 is 15.0 Å². The zero-order chi connectivity index (χ0) is 22.7. The molecule has 1 heterocycles. The number of nitrogens with zero attached hydrogens (tertiary/aromatic N) is 1. The smallest absolute Gasteiger partial charge is 0.412 e. The number of nitrogens with one attached hydrogen (secondary N) is 2. The van der Waals surface area contributed by atoms with E-state index in [0.29, 0.717) is 18.8 Å². The Bertz CT molecular complexity index is 785. The van der Waals surface area contributed by atoms with Crippen molar-refractivity contribution in [3.63, 3.8) is 0 Å². The predicted octanol–water partition coefficient (Wildman–Crippen LogP) is 4.55. The minimum absolute atomic E-state index is 0.127. The second kappa shape index (κ2) is 9.09. The summed E-state index contributed by atoms with van der Waals surface area (Å²) in [4.78, 5) is 26.2. The van der Waals surface area contributed by atoms with Gasteiger partial charge in [-0.05, 0) is 58.2 Å². The molecule has 0 saturated carbocycles. The number of carbonyl (C=O) groups is 2. The predicted molar refractivity (Wildman–Crippen MR) is 105 cm³/mol. The van der Waals surface area contributed by atoms with Crippen LogP contribution >= 0.6 is 0 Å². The molecule has 1 atom stereocenters. The number of benzene rings is 1. The topological polar surface area (TPSA) is 70.7 Å². The number of rotatable bonds is 5. The van der Waals surface area contributed by atoms with Crippen molar-refractivity contribution in [3.05, 3.63) is 23.5 Å². The SMILES string of the molecule is C[C@@H](C(=O)NCC(F)(F)F)c1cc(F)c(NC(=O)OC(C)(C)C)cc1N1CCCC1. The molecule has 0 radical (unpaired) electrons. The van der Waals surface area contributed by atoms with Crippen LogP contribution in [0.5, 0.6) is 0 Å². The number of carbonyl (C=O) groups excluding carboxylic acids is 2. The van der Waals surface area contributed by atoms with Crippen molar-refractivity contribution in [2.45, 2.75) is 58.2 Å². The van der Waals surface area contributed by atoms with Gasteiger partial charge in [0.1, 0.15) is 18.0 Å². The molecule has 0 spiro atoms. The summed E-state index contributed by atoms with van der Waals surface area (Å²) in [6, 6.07) is 2.48. The Morgan fingerprint density at radius 3 is 2.30 bits per heavy atom. The molecule has 6 nitrogen and oxygen atoms in total. The van der Waals surface area contributed by atoms with Gasteiger partial charge in [0.15, 0.2) is 0 Å². The molecule has 0 aliphatic carbocycles. The molecule has 168 valence electrons. The van der Waals surface area contributed by atoms with Gasteiger partial charge in [-0.25, -0.2) is 9.18 Å². The fraction of sp³-hybridized carbons (Fsp3) is 0.600. The Morgan fingerprint density at radius 2 is 1.77 bits per heavy atom. The van der Waals surface area contributed by atoms with Crippen molar-refractivity contribution >= 4 is 23.4 Å². The van der Waals surface area contributed by atoms with Crippen LogP contribution in [0.1, 0.15) is 52.0 Å². The third-order valence-corrected chi connectivity index (χ3v) is 4.52. The van der Waals surface area contributed by atoms with Crippen LogP contribution in [0.15, 0.2) is 12.1 Å². The summed E-state index contributed by atoms with van der Waals surface area (Å²) in [7, 11) is 0. The largest absolute Gasteiger partial charge is 0.444 e. The molecule has 1 aromatic carbocycles. The molecular weight excluding hydrogens is 406 g/mol. The summed E-state index contributed by atoms with van der Waals surface area (Å²) in [5, 5.41) is 4.19. The molecule has 0 unspecified atom stereocenters. The van der Waals surface area contributed by atoms with E-state index in [2.05, 4.69) is 5.32 Å². The van der Waals surface area contributed by atoms with Crippen molar-refractivity contribution in [1.82, 2.24) is 5.32 Å². The Labute approximate surface area is 172 Å². The number of hydrogen-bond donors (Lipinski definition) is 2. The molecule has 1 aliphatic heterocycles. The highest BCUT2D eigenvalue weighted by Crippen LogP contribution is 2.35. The van der Waals surface area contributed by atoms with E-state index in [9.17, 15) is 27.2 Å². The molecule has 2 amide bonds. The van der Waals surface area contributed by atoms with Crippen molar-refractivity contribution in [3.8, 4) is 0 Å². The third kappa shape index (κ3) is 6.77. The molecule has 1 aliphatic rings. The molecule has 30 heavy (non-hydrogen) atoms. The molecule has 1 fully saturated rings. The maximum absolute atomic E-state index is 14.7. The van der Waals surface area contributed by atoms with Crippen LogP contribution < -0.4 is 15.5 Å². The van der Waals surface area contributed by atoms with Crippen molar-refractivity contribution in [2.75, 3.05) is 29.9 Å². The van der Waals surface area contributed by atoms with Crippen LogP contribution in [0, 0.1) is 5.82 Å². The first-order valence-corrected chi connectivity index (χ1v) is 9.69. The summed E-state index contributed by atoms with van der Waals surface area (Å²) >= 11 is 0. The molecule has 0 aromatic heterocycles. The molecule has 2 N–H and O–H groups in total. The highest BCUT2D eigenvalue weighted by atomic mass is 19.4. The van der Waals surface area contributed by atoms with Crippen LogP contribution in [0.3, 0.4) is 0 Å². The van der Waals surface area contributed by atoms with Crippen LogP contribution in [0.2, 0.25) is 0 Å². The first kappa shape index (κ1) is 23.8. The van der Waals surface area contributed by atoms with Crippen LogP contribution in [0.4, 0.5) is 33.7 Å². The third-order valence-electron chi connectivity index (χ3n) is 4.52. The average Bonchev–Trinajstić information content (AvgIpc) is 3.12. The molecular formula is C20H27F4N3O3. The number of amides is 2. The number of anilines is 2. The number of hydrogen-bond acceptors (Lipinski definition) is 4. The Hall–Kier alpha value is -2.52. The standard InChI is InChI=1S/C20H27F4N3O3/c1-12(17(28)25-11-20(22,23)24)13-9-14(21)15(26-18(29)30-19(2,3)4)10-16(13)27-7-5-6-8-27/h9-10,12H,5-8,11H2,1-4H3,(H,25,28)(H,26,29)/t12-/m1/s1. The maximum atomic E-state index is 14.7. The van der Waals surface area contributed by atoms with Gasteiger partial charge in [0.2, 0.25) is 5.91 Å². The van der Waals surface area contributed by atoms with E-state index in [4.69, 9.17) is 4.74 Å². The average molecular weight is 433 g/mol. The van der Waals surface area contributed by atoms with E-state index in [0.717, 1.165) is 18.9 Å². The zero-order valence-electron chi connectivity index (χ0n) is 17.5. The fourth-order valence-electron chi connectivity index (χ4n) is 3.15. The first-order valence-electron chi connectivity index (χ1n) is 9.69. The van der Waals surface area contributed by atoms with E-state index in [1.54, 1.807) is 20.8 Å². The lowest BCUT2D eigenvalue weighted by Crippen LogP contribution is -2.36. The number of halogens is 4. The molecule has 1 aromatic rings. The summed E-state index contributed by atoms with van der Waals surface area (Å²) in [6.45, 7) is 6.27. The van der Waals surface area contributed by atoms with Gasteiger partial charge in [-0.3, -0.25) is 10.1 Å². The highest BCUT2D eigenvalue weighted by molar-refractivity contribution is 5.89. The Balaban J connectivity index is 2.32. The van der Waals surface area contributed by atoms with Gasteiger partial charge in [0.25, 0.3) is 0 Å². The number of alkyl halides is 3. The minimum atomic E-state index is -4.54. The molecule has 0 bridgehead atoms. The normalized spacial score (nSPS) is 15.7. The van der Waals surface area contributed by atoms with Crippen molar-refractivity contribution in [2.24, 2.45) is 0 Å². The molecule has 1 saturated heterocycles.